The third-order valence-electron chi connectivity index (χ3n) is 3.61. The van der Waals surface area contributed by atoms with Gasteiger partial charge in [-0.25, -0.2) is 0 Å². The molecule has 6 heteroatoms. The summed E-state index contributed by atoms with van der Waals surface area (Å²) in [5, 5.41) is 12.6. The van der Waals surface area contributed by atoms with E-state index in [1.54, 1.807) is 0 Å². The van der Waals surface area contributed by atoms with Gasteiger partial charge in [0.2, 0.25) is 12.2 Å². The fourth-order valence-electron chi connectivity index (χ4n) is 2.90. The van der Waals surface area contributed by atoms with E-state index in [1.807, 2.05) is 0 Å². The second-order valence-electron chi connectivity index (χ2n) is 4.71. The van der Waals surface area contributed by atoms with E-state index in [9.17, 15) is 14.7 Å². The molecule has 0 aromatic rings. The SMILES string of the molecule is CC(=O)[C@@H]1C(=O)N[C@]2(O)C[C@H]1[C@H]1CO[C@@H]2O1. The molecule has 5 atom stereocenters. The van der Waals surface area contributed by atoms with Gasteiger partial charge in [-0.1, -0.05) is 0 Å². The maximum absolute atomic E-state index is 11.8. The molecule has 1 amide bonds. The molecule has 0 radical (unpaired) electrons. The third kappa shape index (κ3) is 1.17. The molecule has 0 aliphatic carbocycles. The quantitative estimate of drug-likeness (QED) is 0.548. The number of hydrogen-bond acceptors (Lipinski definition) is 5. The van der Waals surface area contributed by atoms with Gasteiger partial charge in [0.15, 0.2) is 5.72 Å². The molecule has 3 aliphatic heterocycles. The monoisotopic (exact) mass is 227 g/mol. The molecule has 3 saturated heterocycles. The Labute approximate surface area is 91.9 Å². The predicted molar refractivity (Wildman–Crippen MR) is 50.0 cm³/mol. The molecule has 16 heavy (non-hydrogen) atoms. The molecule has 3 rings (SSSR count). The number of carbonyl (C=O) groups excluding carboxylic acids is 2. The molecule has 0 saturated carbocycles. The Kier molecular flexibility index (Phi) is 1.93. The molecule has 3 aliphatic rings. The lowest BCUT2D eigenvalue weighted by Gasteiger charge is -2.46. The van der Waals surface area contributed by atoms with Crippen LogP contribution in [-0.4, -0.2) is 41.5 Å². The summed E-state index contributed by atoms with van der Waals surface area (Å²) in [5.74, 6) is -1.63. The van der Waals surface area contributed by atoms with Crippen LogP contribution >= 0.6 is 0 Å². The molecule has 0 aromatic carbocycles. The lowest BCUT2D eigenvalue weighted by molar-refractivity contribution is -0.251. The van der Waals surface area contributed by atoms with Crippen LogP contribution in [0.15, 0.2) is 0 Å². The third-order valence-corrected chi connectivity index (χ3v) is 3.61. The maximum Gasteiger partial charge on any atom is 0.233 e. The van der Waals surface area contributed by atoms with Crippen molar-refractivity contribution in [1.29, 1.82) is 0 Å². The van der Waals surface area contributed by atoms with Gasteiger partial charge in [0.25, 0.3) is 0 Å². The highest BCUT2D eigenvalue weighted by Gasteiger charge is 2.60. The average Bonchev–Trinajstić information content (AvgIpc) is 2.60. The number of fused-ring (bicyclic) bond motifs is 6. The van der Waals surface area contributed by atoms with Crippen LogP contribution in [0.25, 0.3) is 0 Å². The summed E-state index contributed by atoms with van der Waals surface area (Å²) < 4.78 is 10.7. The minimum absolute atomic E-state index is 0.196. The zero-order valence-electron chi connectivity index (χ0n) is 8.80. The Morgan fingerprint density at radius 1 is 1.62 bits per heavy atom. The summed E-state index contributed by atoms with van der Waals surface area (Å²) in [5.41, 5.74) is -1.47. The van der Waals surface area contributed by atoms with Crippen molar-refractivity contribution in [3.8, 4) is 0 Å². The van der Waals surface area contributed by atoms with E-state index in [1.165, 1.54) is 6.92 Å². The van der Waals surface area contributed by atoms with E-state index in [0.29, 0.717) is 13.0 Å². The van der Waals surface area contributed by atoms with Crippen LogP contribution in [0.3, 0.4) is 0 Å². The van der Waals surface area contributed by atoms with Crippen molar-refractivity contribution in [3.63, 3.8) is 0 Å². The van der Waals surface area contributed by atoms with Gasteiger partial charge in [0.05, 0.1) is 12.7 Å². The zero-order chi connectivity index (χ0) is 11.5. The normalized spacial score (nSPS) is 50.0. The first kappa shape index (κ1) is 10.2. The number of amides is 1. The Morgan fingerprint density at radius 2 is 2.38 bits per heavy atom. The second kappa shape index (κ2) is 3.03. The first-order valence-corrected chi connectivity index (χ1v) is 5.33. The first-order chi connectivity index (χ1) is 7.51. The minimum atomic E-state index is -1.47. The van der Waals surface area contributed by atoms with Crippen molar-refractivity contribution in [3.05, 3.63) is 0 Å². The van der Waals surface area contributed by atoms with Gasteiger partial charge in [0, 0.05) is 12.3 Å². The molecule has 0 spiro atoms. The Morgan fingerprint density at radius 3 is 3.06 bits per heavy atom. The number of nitrogens with one attached hydrogen (secondary N) is 1. The number of carbonyl (C=O) groups is 2. The zero-order valence-corrected chi connectivity index (χ0v) is 8.80. The number of piperidine rings is 1. The van der Waals surface area contributed by atoms with Crippen LogP contribution < -0.4 is 5.32 Å². The van der Waals surface area contributed by atoms with Crippen molar-refractivity contribution >= 4 is 11.7 Å². The molecule has 0 aromatic heterocycles. The maximum atomic E-state index is 11.8. The van der Waals surface area contributed by atoms with E-state index >= 15 is 0 Å². The fourth-order valence-corrected chi connectivity index (χ4v) is 2.90. The van der Waals surface area contributed by atoms with Crippen molar-refractivity contribution in [1.82, 2.24) is 5.32 Å². The summed E-state index contributed by atoms with van der Waals surface area (Å²) in [6, 6.07) is 0. The predicted octanol–water partition coefficient (Wildman–Crippen LogP) is -1.23. The van der Waals surface area contributed by atoms with Gasteiger partial charge in [-0.3, -0.25) is 9.59 Å². The van der Waals surface area contributed by atoms with Gasteiger partial charge in [0.1, 0.15) is 11.7 Å². The number of ketones is 1. The number of rotatable bonds is 1. The lowest BCUT2D eigenvalue weighted by Crippen LogP contribution is -2.68. The van der Waals surface area contributed by atoms with Crippen molar-refractivity contribution in [2.45, 2.75) is 31.5 Å². The van der Waals surface area contributed by atoms with Crippen molar-refractivity contribution in [2.24, 2.45) is 11.8 Å². The number of aliphatic hydroxyl groups is 1. The Hall–Kier alpha value is -0.980. The Bertz CT molecular complexity index is 370. The summed E-state index contributed by atoms with van der Waals surface area (Å²) in [7, 11) is 0. The van der Waals surface area contributed by atoms with Gasteiger partial charge >= 0.3 is 0 Å². The van der Waals surface area contributed by atoms with Crippen LogP contribution in [0, 0.1) is 11.8 Å². The molecular weight excluding hydrogens is 214 g/mol. The Balaban J connectivity index is 1.99. The molecular formula is C10H13NO5. The van der Waals surface area contributed by atoms with Gasteiger partial charge in [-0.2, -0.15) is 0 Å². The van der Waals surface area contributed by atoms with Gasteiger partial charge < -0.3 is 19.9 Å². The van der Waals surface area contributed by atoms with Crippen LogP contribution in [0.5, 0.6) is 0 Å². The fraction of sp³-hybridized carbons (Fsp3) is 0.800. The van der Waals surface area contributed by atoms with Crippen molar-refractivity contribution in [2.75, 3.05) is 6.61 Å². The second-order valence-corrected chi connectivity index (χ2v) is 4.71. The minimum Gasteiger partial charge on any atom is -0.366 e. The average molecular weight is 227 g/mol. The van der Waals surface area contributed by atoms with Crippen LogP contribution in [-0.2, 0) is 19.1 Å². The van der Waals surface area contributed by atoms with E-state index in [4.69, 9.17) is 9.47 Å². The smallest absolute Gasteiger partial charge is 0.233 e. The standard InChI is InChI=1S/C10H13NO5/c1-4(12)7-5-2-10(14,11-8(7)13)9-15-3-6(5)16-9/h5-7,9,14H,2-3H2,1H3,(H,11,13)/t5-,6+,7-,9+,10-/m0/s1. The van der Waals surface area contributed by atoms with Crippen LogP contribution in [0.2, 0.25) is 0 Å². The van der Waals surface area contributed by atoms with Crippen LogP contribution in [0.1, 0.15) is 13.3 Å². The number of Topliss-reactive ketones (excluding diaryl/α,β-unsaturated/α-hetero) is 1. The molecule has 4 bridgehead atoms. The van der Waals surface area contributed by atoms with Crippen LogP contribution in [0.4, 0.5) is 0 Å². The molecule has 6 nitrogen and oxygen atoms in total. The van der Waals surface area contributed by atoms with Gasteiger partial charge in [-0.15, -0.1) is 0 Å². The largest absolute Gasteiger partial charge is 0.366 e. The molecule has 3 fully saturated rings. The van der Waals surface area contributed by atoms with E-state index in [2.05, 4.69) is 5.32 Å². The summed E-state index contributed by atoms with van der Waals surface area (Å²) in [4.78, 5) is 23.2. The summed E-state index contributed by atoms with van der Waals surface area (Å²) in [6.45, 7) is 1.72. The molecule has 2 N–H and O–H groups in total. The lowest BCUT2D eigenvalue weighted by atomic mass is 9.74. The van der Waals surface area contributed by atoms with Gasteiger partial charge in [-0.05, 0) is 6.92 Å². The highest BCUT2D eigenvalue weighted by Crippen LogP contribution is 2.44. The topological polar surface area (TPSA) is 84.9 Å². The summed E-state index contributed by atoms with van der Waals surface area (Å²) in [6.07, 6.45) is -0.742. The highest BCUT2D eigenvalue weighted by atomic mass is 16.7. The molecule has 0 unspecified atom stereocenters. The van der Waals surface area contributed by atoms with E-state index < -0.39 is 23.8 Å². The van der Waals surface area contributed by atoms with Crippen molar-refractivity contribution < 1.29 is 24.2 Å². The van der Waals surface area contributed by atoms with E-state index in [-0.39, 0.29) is 17.8 Å². The molecule has 3 heterocycles. The summed E-state index contributed by atoms with van der Waals surface area (Å²) >= 11 is 0. The highest BCUT2D eigenvalue weighted by molar-refractivity contribution is 6.01. The number of hydrogen-bond donors (Lipinski definition) is 2. The first-order valence-electron chi connectivity index (χ1n) is 5.33. The van der Waals surface area contributed by atoms with E-state index in [0.717, 1.165) is 0 Å². The number of ether oxygens (including phenoxy) is 2. The molecule has 88 valence electrons.